The number of ether oxygens (including phenoxy) is 1. The van der Waals surface area contributed by atoms with Gasteiger partial charge in [0.25, 0.3) is 11.5 Å². The molecule has 1 N–H and O–H groups in total. The molecule has 33 heavy (non-hydrogen) atoms. The zero-order valence-corrected chi connectivity index (χ0v) is 19.8. The Morgan fingerprint density at radius 1 is 1.27 bits per heavy atom. The fourth-order valence-electron chi connectivity index (χ4n) is 3.34. The van der Waals surface area contributed by atoms with Crippen molar-refractivity contribution >= 4 is 40.5 Å². The van der Waals surface area contributed by atoms with Crippen molar-refractivity contribution in [2.45, 2.75) is 13.8 Å². The number of nitrogens with zero attached hydrogens (tertiary/aromatic N) is 2. The van der Waals surface area contributed by atoms with E-state index in [1.165, 1.54) is 36.0 Å². The van der Waals surface area contributed by atoms with Crippen LogP contribution in [-0.4, -0.2) is 30.7 Å². The van der Waals surface area contributed by atoms with Gasteiger partial charge in [0, 0.05) is 19.2 Å². The molecule has 0 aliphatic heterocycles. The Balaban J connectivity index is 2.42. The van der Waals surface area contributed by atoms with Gasteiger partial charge in [-0.15, -0.1) is 11.3 Å². The van der Waals surface area contributed by atoms with Crippen LogP contribution in [-0.2, 0) is 9.53 Å². The van der Waals surface area contributed by atoms with Crippen LogP contribution in [0, 0.1) is 31.0 Å². The van der Waals surface area contributed by atoms with Crippen molar-refractivity contribution in [3.8, 4) is 11.8 Å². The lowest BCUT2D eigenvalue weighted by Gasteiger charge is -2.11. The Hall–Kier alpha value is -3.25. The SMILES string of the molecule is COCCNC(=O)/C(C#N)=c1\s/c(=C\c2c(F)cccc2Cl)c(=O)n1-c1c(C)cccc1C. The quantitative estimate of drug-likeness (QED) is 0.544. The minimum Gasteiger partial charge on any atom is -0.383 e. The van der Waals surface area contributed by atoms with E-state index in [4.69, 9.17) is 16.3 Å². The molecule has 0 aliphatic carbocycles. The molecule has 0 unspecified atom stereocenters. The number of hydrogen-bond donors (Lipinski definition) is 1. The van der Waals surface area contributed by atoms with Crippen molar-refractivity contribution in [1.29, 1.82) is 5.26 Å². The van der Waals surface area contributed by atoms with Gasteiger partial charge < -0.3 is 10.1 Å². The second-order valence-electron chi connectivity index (χ2n) is 7.17. The first-order valence-corrected chi connectivity index (χ1v) is 11.1. The number of rotatable bonds is 6. The summed E-state index contributed by atoms with van der Waals surface area (Å²) in [5.74, 6) is -1.22. The molecule has 0 fully saturated rings. The summed E-state index contributed by atoms with van der Waals surface area (Å²) in [5, 5.41) is 12.6. The monoisotopic (exact) mass is 485 g/mol. The van der Waals surface area contributed by atoms with Crippen molar-refractivity contribution in [2.75, 3.05) is 20.3 Å². The molecule has 170 valence electrons. The number of aryl methyl sites for hydroxylation is 2. The summed E-state index contributed by atoms with van der Waals surface area (Å²) in [6, 6.07) is 11.7. The van der Waals surface area contributed by atoms with Crippen LogP contribution in [0.3, 0.4) is 0 Å². The summed E-state index contributed by atoms with van der Waals surface area (Å²) < 4.78 is 21.0. The highest BCUT2D eigenvalue weighted by Crippen LogP contribution is 2.20. The van der Waals surface area contributed by atoms with Crippen molar-refractivity contribution in [3.63, 3.8) is 0 Å². The Morgan fingerprint density at radius 2 is 1.94 bits per heavy atom. The van der Waals surface area contributed by atoms with Crippen molar-refractivity contribution in [3.05, 3.63) is 83.5 Å². The second-order valence-corrected chi connectivity index (χ2v) is 8.61. The molecule has 0 saturated carbocycles. The standard InChI is InChI=1S/C24H21ClFN3O3S/c1-14-6-4-7-15(2)21(14)29-23(31)20(12-16-18(25)8-5-9-19(16)26)33-24(29)17(13-27)22(30)28-10-11-32-3/h4-9,12H,10-11H2,1-3H3,(H,28,30)/b20-12-,24-17-. The topological polar surface area (TPSA) is 84.1 Å². The summed E-state index contributed by atoms with van der Waals surface area (Å²) in [7, 11) is 1.49. The van der Waals surface area contributed by atoms with Crippen LogP contribution in [0.4, 0.5) is 4.39 Å². The highest BCUT2D eigenvalue weighted by molar-refractivity contribution is 7.07. The predicted molar refractivity (Wildman–Crippen MR) is 128 cm³/mol. The lowest BCUT2D eigenvalue weighted by atomic mass is 10.1. The number of methoxy groups -OCH3 is 1. The molecular formula is C24H21ClFN3O3S. The largest absolute Gasteiger partial charge is 0.383 e. The van der Waals surface area contributed by atoms with Gasteiger partial charge in [0.1, 0.15) is 16.5 Å². The third-order valence-electron chi connectivity index (χ3n) is 4.91. The van der Waals surface area contributed by atoms with Gasteiger partial charge in [0.2, 0.25) is 0 Å². The summed E-state index contributed by atoms with van der Waals surface area (Å²) in [6.07, 6.45) is 1.34. The molecule has 0 radical (unpaired) electrons. The minimum absolute atomic E-state index is 0.0563. The molecule has 1 heterocycles. The Kier molecular flexibility index (Phi) is 7.82. The summed E-state index contributed by atoms with van der Waals surface area (Å²) in [5.41, 5.74) is 1.47. The molecule has 3 aromatic rings. The number of amides is 1. The van der Waals surface area contributed by atoms with Crippen molar-refractivity contribution in [1.82, 2.24) is 9.88 Å². The maximum absolute atomic E-state index is 14.4. The molecule has 0 atom stereocenters. The van der Waals surface area contributed by atoms with Crippen LogP contribution in [0.1, 0.15) is 16.7 Å². The number of halogens is 2. The van der Waals surface area contributed by atoms with Gasteiger partial charge >= 0.3 is 0 Å². The number of carbonyl (C=O) groups is 1. The van der Waals surface area contributed by atoms with E-state index in [-0.39, 0.29) is 38.5 Å². The van der Waals surface area contributed by atoms with Crippen molar-refractivity contribution in [2.24, 2.45) is 0 Å². The Bertz CT molecular complexity index is 1400. The Morgan fingerprint density at radius 3 is 2.55 bits per heavy atom. The lowest BCUT2D eigenvalue weighted by Crippen LogP contribution is -2.35. The number of para-hydroxylation sites is 1. The van der Waals surface area contributed by atoms with E-state index in [1.54, 1.807) is 0 Å². The van der Waals surface area contributed by atoms with Gasteiger partial charge in [0.15, 0.2) is 5.57 Å². The molecule has 9 heteroatoms. The third-order valence-corrected chi connectivity index (χ3v) is 6.33. The number of benzene rings is 2. The number of carbonyl (C=O) groups excluding carboxylic acids is 1. The molecule has 3 rings (SSSR count). The van der Waals surface area contributed by atoms with E-state index < -0.39 is 17.3 Å². The third kappa shape index (κ3) is 5.06. The number of aromatic nitrogens is 1. The van der Waals surface area contributed by atoms with E-state index in [2.05, 4.69) is 5.32 Å². The highest BCUT2D eigenvalue weighted by atomic mass is 35.5. The lowest BCUT2D eigenvalue weighted by molar-refractivity contribution is -0.115. The smallest absolute Gasteiger partial charge is 0.273 e. The first-order valence-electron chi connectivity index (χ1n) is 9.95. The minimum atomic E-state index is -0.633. The van der Waals surface area contributed by atoms with Crippen LogP contribution in [0.25, 0.3) is 17.3 Å². The van der Waals surface area contributed by atoms with E-state index in [9.17, 15) is 19.2 Å². The zero-order chi connectivity index (χ0) is 24.1. The second kappa shape index (κ2) is 10.6. The number of nitriles is 1. The van der Waals surface area contributed by atoms with Gasteiger partial charge in [0.05, 0.1) is 21.8 Å². The number of nitrogens with one attached hydrogen (secondary N) is 1. The maximum atomic E-state index is 14.4. The van der Waals surface area contributed by atoms with Crippen LogP contribution in [0.5, 0.6) is 0 Å². The molecule has 0 bridgehead atoms. The van der Waals surface area contributed by atoms with Crippen LogP contribution >= 0.6 is 22.9 Å². The summed E-state index contributed by atoms with van der Waals surface area (Å²) >= 11 is 7.08. The van der Waals surface area contributed by atoms with Gasteiger partial charge in [-0.05, 0) is 43.2 Å². The van der Waals surface area contributed by atoms with Gasteiger partial charge in [-0.2, -0.15) is 5.26 Å². The van der Waals surface area contributed by atoms with E-state index in [0.29, 0.717) is 5.69 Å². The first-order chi connectivity index (χ1) is 15.8. The fraction of sp³-hybridized carbons (Fsp3) is 0.208. The van der Waals surface area contributed by atoms with Gasteiger partial charge in [-0.25, -0.2) is 4.39 Å². The van der Waals surface area contributed by atoms with Crippen LogP contribution < -0.4 is 20.1 Å². The number of hydrogen-bond acceptors (Lipinski definition) is 5. The maximum Gasteiger partial charge on any atom is 0.273 e. The normalized spacial score (nSPS) is 12.4. The summed E-state index contributed by atoms with van der Waals surface area (Å²) in [4.78, 5) is 26.3. The van der Waals surface area contributed by atoms with Gasteiger partial charge in [-0.3, -0.25) is 14.2 Å². The average molecular weight is 486 g/mol. The molecule has 0 spiro atoms. The van der Waals surface area contributed by atoms with E-state index in [0.717, 1.165) is 22.5 Å². The molecular weight excluding hydrogens is 465 g/mol. The zero-order valence-electron chi connectivity index (χ0n) is 18.2. The Labute approximate surface area is 198 Å². The van der Waals surface area contributed by atoms with Gasteiger partial charge in [-0.1, -0.05) is 35.9 Å². The molecule has 1 amide bonds. The van der Waals surface area contributed by atoms with Crippen LogP contribution in [0.15, 0.2) is 41.2 Å². The molecule has 2 aromatic carbocycles. The number of thiazole rings is 1. The van der Waals surface area contributed by atoms with E-state index in [1.807, 2.05) is 38.1 Å². The summed E-state index contributed by atoms with van der Waals surface area (Å²) in [6.45, 7) is 4.13. The van der Waals surface area contributed by atoms with E-state index >= 15 is 0 Å². The molecule has 0 aliphatic rings. The fourth-order valence-corrected chi connectivity index (χ4v) is 4.63. The molecule has 6 nitrogen and oxygen atoms in total. The molecule has 1 aromatic heterocycles. The van der Waals surface area contributed by atoms with Crippen LogP contribution in [0.2, 0.25) is 5.02 Å². The van der Waals surface area contributed by atoms with Crippen molar-refractivity contribution < 1.29 is 13.9 Å². The molecule has 0 saturated heterocycles. The highest BCUT2D eigenvalue weighted by Gasteiger charge is 2.19. The predicted octanol–water partition coefficient (Wildman–Crippen LogP) is 2.57. The average Bonchev–Trinajstić information content (AvgIpc) is 3.07. The first kappa shape index (κ1) is 24.4.